The highest BCUT2D eigenvalue weighted by Crippen LogP contribution is 2.30. The standard InChI is InChI=1S/C16H36N.C6H9FN2O5S/c1-5-9-13-17(14-10-6-2,15-11-7-3)16-12-8-4;7-5-2-1-4-3-8(5)6(10)9(4)14-15(11,12)13/h5-16H2,1-4H3;4-5H,1-3H2,(H,11,12,13)/q+1;/p-1. The van der Waals surface area contributed by atoms with Gasteiger partial charge in [0.2, 0.25) is 10.4 Å². The topological polar surface area (TPSA) is 90.0 Å². The lowest BCUT2D eigenvalue weighted by molar-refractivity contribution is -0.929. The van der Waals surface area contributed by atoms with Gasteiger partial charge in [-0.2, -0.15) is 9.35 Å². The Kier molecular flexibility index (Phi) is 13.0. The molecule has 2 saturated heterocycles. The van der Waals surface area contributed by atoms with Crippen LogP contribution in [0.25, 0.3) is 0 Å². The number of hydrogen-bond donors (Lipinski definition) is 0. The summed E-state index contributed by atoms with van der Waals surface area (Å²) < 4.78 is 49.5. The number of halogens is 1. The second-order valence-corrected chi connectivity index (χ2v) is 10.0. The van der Waals surface area contributed by atoms with Crippen LogP contribution in [0.2, 0.25) is 0 Å². The molecule has 0 aromatic rings. The number of hydroxylamine groups is 2. The van der Waals surface area contributed by atoms with E-state index in [1.807, 2.05) is 0 Å². The first kappa shape index (κ1) is 29.1. The molecule has 2 unspecified atom stereocenters. The molecule has 0 radical (unpaired) electrons. The van der Waals surface area contributed by atoms with Gasteiger partial charge in [0, 0.05) is 6.54 Å². The summed E-state index contributed by atoms with van der Waals surface area (Å²) in [6.45, 7) is 15.1. The van der Waals surface area contributed by atoms with E-state index in [4.69, 9.17) is 0 Å². The molecule has 8 nitrogen and oxygen atoms in total. The number of alkyl halides is 1. The number of quaternary nitrogens is 1. The van der Waals surface area contributed by atoms with Gasteiger partial charge in [0.1, 0.15) is 0 Å². The van der Waals surface area contributed by atoms with Gasteiger partial charge < -0.3 is 9.04 Å². The molecule has 2 aliphatic rings. The van der Waals surface area contributed by atoms with E-state index in [1.165, 1.54) is 82.0 Å². The Hall–Kier alpha value is -0.970. The summed E-state index contributed by atoms with van der Waals surface area (Å²) in [6, 6.07) is -1.47. The molecule has 2 bridgehead atoms. The van der Waals surface area contributed by atoms with Crippen molar-refractivity contribution in [1.29, 1.82) is 0 Å². The number of amides is 2. The molecular formula is C22H44FN3O5S. The maximum Gasteiger partial charge on any atom is 0.347 e. The Labute approximate surface area is 194 Å². The second-order valence-electron chi connectivity index (χ2n) is 9.06. The third-order valence-electron chi connectivity index (χ3n) is 6.37. The third-order valence-corrected chi connectivity index (χ3v) is 6.71. The van der Waals surface area contributed by atoms with Crippen molar-refractivity contribution < 1.29 is 30.9 Å². The van der Waals surface area contributed by atoms with Gasteiger partial charge >= 0.3 is 6.03 Å². The fourth-order valence-electron chi connectivity index (χ4n) is 4.43. The smallest absolute Gasteiger partial charge is 0.347 e. The van der Waals surface area contributed by atoms with E-state index >= 15 is 0 Å². The third kappa shape index (κ3) is 9.49. The maximum atomic E-state index is 13.1. The number of hydrogen-bond acceptors (Lipinski definition) is 5. The molecule has 2 rings (SSSR count). The minimum absolute atomic E-state index is 0.0511. The molecule has 2 heterocycles. The number of nitrogens with zero attached hydrogens (tertiary/aromatic N) is 3. The number of unbranched alkanes of at least 4 members (excludes halogenated alkanes) is 4. The molecule has 190 valence electrons. The molecule has 2 fully saturated rings. The molecule has 32 heavy (non-hydrogen) atoms. The van der Waals surface area contributed by atoms with Crippen LogP contribution < -0.4 is 0 Å². The Morgan fingerprint density at radius 2 is 1.38 bits per heavy atom. The van der Waals surface area contributed by atoms with Crippen LogP contribution in [-0.2, 0) is 14.7 Å². The van der Waals surface area contributed by atoms with E-state index in [2.05, 4.69) is 32.0 Å². The highest BCUT2D eigenvalue weighted by molar-refractivity contribution is 7.80. The normalized spacial score (nSPS) is 21.0. The van der Waals surface area contributed by atoms with Crippen LogP contribution in [0, 0.1) is 0 Å². The largest absolute Gasteiger partial charge is 0.724 e. The molecule has 0 aliphatic carbocycles. The molecular weight excluding hydrogens is 437 g/mol. The van der Waals surface area contributed by atoms with E-state index < -0.39 is 28.8 Å². The quantitative estimate of drug-likeness (QED) is 0.157. The molecule has 0 aromatic carbocycles. The SMILES string of the molecule is CCCC[N+](CCCC)(CCCC)CCCC.O=C1N2CC(CCC2F)N1OS(=O)(=O)[O-]. The lowest BCUT2D eigenvalue weighted by atomic mass is 10.1. The van der Waals surface area contributed by atoms with Gasteiger partial charge in [-0.15, -0.1) is 0 Å². The van der Waals surface area contributed by atoms with Crippen molar-refractivity contribution in [2.75, 3.05) is 32.7 Å². The Morgan fingerprint density at radius 1 is 0.938 bits per heavy atom. The zero-order valence-electron chi connectivity index (χ0n) is 20.4. The average Bonchev–Trinajstić information content (AvgIpc) is 3.00. The minimum Gasteiger partial charge on any atom is -0.724 e. The number of carbonyl (C=O) groups is 1. The predicted octanol–water partition coefficient (Wildman–Crippen LogP) is 4.58. The average molecular weight is 482 g/mol. The molecule has 0 aromatic heterocycles. The summed E-state index contributed by atoms with van der Waals surface area (Å²) in [4.78, 5) is 12.2. The molecule has 2 aliphatic heterocycles. The first-order valence-corrected chi connectivity index (χ1v) is 13.7. The number of rotatable bonds is 14. The van der Waals surface area contributed by atoms with Crippen molar-refractivity contribution >= 4 is 16.4 Å². The fourth-order valence-corrected chi connectivity index (χ4v) is 4.81. The molecule has 2 amide bonds. The number of piperidine rings is 1. The lowest BCUT2D eigenvalue weighted by Crippen LogP contribution is -2.50. The van der Waals surface area contributed by atoms with E-state index in [1.54, 1.807) is 0 Å². The summed E-state index contributed by atoms with van der Waals surface area (Å²) >= 11 is 0. The van der Waals surface area contributed by atoms with Crippen molar-refractivity contribution in [2.24, 2.45) is 0 Å². The van der Waals surface area contributed by atoms with Crippen LogP contribution in [-0.4, -0.2) is 78.5 Å². The Bertz CT molecular complexity index is 612. The summed E-state index contributed by atoms with van der Waals surface area (Å²) in [5.41, 5.74) is 0. The summed E-state index contributed by atoms with van der Waals surface area (Å²) in [7, 11) is -4.99. The molecule has 2 atom stereocenters. The number of fused-ring (bicyclic) bond motifs is 2. The van der Waals surface area contributed by atoms with E-state index in [9.17, 15) is 22.2 Å². The zero-order chi connectivity index (χ0) is 24.2. The summed E-state index contributed by atoms with van der Waals surface area (Å²) in [5, 5.41) is 0.446. The van der Waals surface area contributed by atoms with Gasteiger partial charge in [-0.3, -0.25) is 4.90 Å². The first-order valence-electron chi connectivity index (χ1n) is 12.4. The second kappa shape index (κ2) is 14.3. The fraction of sp³-hybridized carbons (Fsp3) is 0.955. The monoisotopic (exact) mass is 481 g/mol. The van der Waals surface area contributed by atoms with E-state index in [-0.39, 0.29) is 19.4 Å². The van der Waals surface area contributed by atoms with Gasteiger partial charge in [-0.25, -0.2) is 17.6 Å². The predicted molar refractivity (Wildman–Crippen MR) is 122 cm³/mol. The lowest BCUT2D eigenvalue weighted by Gasteiger charge is -2.39. The first-order chi connectivity index (χ1) is 15.1. The van der Waals surface area contributed by atoms with Crippen molar-refractivity contribution in [3.63, 3.8) is 0 Å². The zero-order valence-corrected chi connectivity index (χ0v) is 21.2. The highest BCUT2D eigenvalue weighted by atomic mass is 32.3. The van der Waals surface area contributed by atoms with Gasteiger partial charge in [-0.05, 0) is 38.5 Å². The van der Waals surface area contributed by atoms with Crippen molar-refractivity contribution in [3.8, 4) is 0 Å². The molecule has 0 saturated carbocycles. The van der Waals surface area contributed by atoms with Crippen LogP contribution in [0.4, 0.5) is 9.18 Å². The van der Waals surface area contributed by atoms with Crippen molar-refractivity contribution in [3.05, 3.63) is 0 Å². The van der Waals surface area contributed by atoms with Gasteiger partial charge in [0.05, 0.1) is 32.2 Å². The number of urea groups is 1. The summed E-state index contributed by atoms with van der Waals surface area (Å²) in [6.07, 6.45) is 10.0. The summed E-state index contributed by atoms with van der Waals surface area (Å²) in [5.74, 6) is 0. The Morgan fingerprint density at radius 3 is 1.72 bits per heavy atom. The van der Waals surface area contributed by atoms with Gasteiger partial charge in [0.25, 0.3) is 0 Å². The molecule has 0 N–H and O–H groups in total. The van der Waals surface area contributed by atoms with Gasteiger partial charge in [0.15, 0.2) is 6.30 Å². The Balaban J connectivity index is 0.000000321. The van der Waals surface area contributed by atoms with Crippen molar-refractivity contribution in [1.82, 2.24) is 9.96 Å². The van der Waals surface area contributed by atoms with Crippen LogP contribution in [0.5, 0.6) is 0 Å². The maximum absolute atomic E-state index is 13.1. The molecule has 0 spiro atoms. The van der Waals surface area contributed by atoms with Crippen molar-refractivity contribution in [2.45, 2.75) is 104 Å². The van der Waals surface area contributed by atoms with Crippen LogP contribution in [0.1, 0.15) is 91.9 Å². The molecule has 10 heteroatoms. The van der Waals surface area contributed by atoms with E-state index in [0.717, 1.165) is 4.90 Å². The minimum atomic E-state index is -4.99. The number of carbonyl (C=O) groups excluding carboxylic acids is 1. The van der Waals surface area contributed by atoms with Crippen LogP contribution in [0.15, 0.2) is 0 Å². The van der Waals surface area contributed by atoms with E-state index in [0.29, 0.717) is 5.06 Å². The van der Waals surface area contributed by atoms with Crippen LogP contribution in [0.3, 0.4) is 0 Å². The highest BCUT2D eigenvalue weighted by Gasteiger charge is 2.46. The van der Waals surface area contributed by atoms with Crippen LogP contribution >= 0.6 is 0 Å². The van der Waals surface area contributed by atoms with Gasteiger partial charge in [-0.1, -0.05) is 53.4 Å².